The first kappa shape index (κ1) is 15.0. The molecule has 1 fully saturated rings. The van der Waals surface area contributed by atoms with Crippen LogP contribution in [0.25, 0.3) is 9.88 Å². The summed E-state index contributed by atoms with van der Waals surface area (Å²) in [5.41, 5.74) is 0.446. The summed E-state index contributed by atoms with van der Waals surface area (Å²) in [5.74, 6) is 0.592. The van der Waals surface area contributed by atoms with Gasteiger partial charge in [-0.1, -0.05) is 11.6 Å². The van der Waals surface area contributed by atoms with Crippen molar-refractivity contribution in [1.82, 2.24) is 10.3 Å². The average Bonchev–Trinajstić information content (AvgIpc) is 2.99. The molecule has 0 radical (unpaired) electrons. The number of thiophene rings is 1. The van der Waals surface area contributed by atoms with E-state index in [-0.39, 0.29) is 5.91 Å². The largest absolute Gasteiger partial charge is 0.379 e. The van der Waals surface area contributed by atoms with Crippen LogP contribution in [-0.4, -0.2) is 30.6 Å². The molecule has 0 bridgehead atoms. The molecule has 1 aliphatic carbocycles. The standard InChI is InChI=1S/C14H15ClN2O2S2/c15-12-4-3-11(21-12)14-17-10(8-20-14)13(18)16-5-6-19-7-9-1-2-9/h3-4,8-9H,1-2,5-7H2,(H,16,18). The maximum atomic E-state index is 12.0. The summed E-state index contributed by atoms with van der Waals surface area (Å²) in [4.78, 5) is 17.3. The average molecular weight is 343 g/mol. The number of carbonyl (C=O) groups is 1. The second-order valence-electron chi connectivity index (χ2n) is 4.92. The Morgan fingerprint density at radius 3 is 3.05 bits per heavy atom. The molecular formula is C14H15ClN2O2S2. The highest BCUT2D eigenvalue weighted by molar-refractivity contribution is 7.23. The third-order valence-corrected chi connectivity index (χ3v) is 5.35. The highest BCUT2D eigenvalue weighted by atomic mass is 35.5. The minimum Gasteiger partial charge on any atom is -0.379 e. The molecule has 7 heteroatoms. The zero-order chi connectivity index (χ0) is 14.7. The molecule has 0 aromatic carbocycles. The number of rotatable bonds is 7. The van der Waals surface area contributed by atoms with Crippen LogP contribution in [0.5, 0.6) is 0 Å². The Bertz CT molecular complexity index is 622. The Hall–Kier alpha value is -0.950. The minimum atomic E-state index is -0.157. The molecule has 2 aromatic rings. The molecule has 1 aliphatic rings. The second-order valence-corrected chi connectivity index (χ2v) is 7.49. The summed E-state index contributed by atoms with van der Waals surface area (Å²) in [5, 5.41) is 5.41. The number of carbonyl (C=O) groups excluding carboxylic acids is 1. The van der Waals surface area contributed by atoms with Gasteiger partial charge < -0.3 is 10.1 Å². The fourth-order valence-electron chi connectivity index (χ4n) is 1.78. The van der Waals surface area contributed by atoms with Crippen LogP contribution in [-0.2, 0) is 4.74 Å². The first-order valence-electron chi connectivity index (χ1n) is 6.79. The summed E-state index contributed by atoms with van der Waals surface area (Å²) >= 11 is 8.82. The molecule has 1 N–H and O–H groups in total. The number of hydrogen-bond donors (Lipinski definition) is 1. The van der Waals surface area contributed by atoms with Gasteiger partial charge in [0, 0.05) is 18.5 Å². The number of halogens is 1. The molecule has 1 saturated carbocycles. The Morgan fingerprint density at radius 2 is 2.33 bits per heavy atom. The number of aromatic nitrogens is 1. The molecule has 1 amide bonds. The first-order valence-corrected chi connectivity index (χ1v) is 8.87. The Kier molecular flexibility index (Phi) is 4.90. The monoisotopic (exact) mass is 342 g/mol. The summed E-state index contributed by atoms with van der Waals surface area (Å²) in [7, 11) is 0. The molecule has 0 saturated heterocycles. The van der Waals surface area contributed by atoms with E-state index < -0.39 is 0 Å². The Morgan fingerprint density at radius 1 is 1.48 bits per heavy atom. The summed E-state index contributed by atoms with van der Waals surface area (Å²) in [6.45, 7) is 1.89. The van der Waals surface area contributed by atoms with Crippen LogP contribution in [0.1, 0.15) is 23.3 Å². The fourth-order valence-corrected chi connectivity index (χ4v) is 3.70. The summed E-state index contributed by atoms with van der Waals surface area (Å²) in [6.07, 6.45) is 2.56. The molecule has 0 aliphatic heterocycles. The number of hydrogen-bond acceptors (Lipinski definition) is 5. The van der Waals surface area contributed by atoms with Crippen LogP contribution in [0.4, 0.5) is 0 Å². The SMILES string of the molecule is O=C(NCCOCC1CC1)c1csc(-c2ccc(Cl)s2)n1. The van der Waals surface area contributed by atoms with Crippen molar-refractivity contribution in [2.24, 2.45) is 5.92 Å². The van der Waals surface area contributed by atoms with Crippen LogP contribution in [0.3, 0.4) is 0 Å². The normalized spacial score (nSPS) is 14.3. The lowest BCUT2D eigenvalue weighted by Crippen LogP contribution is -2.27. The van der Waals surface area contributed by atoms with Crippen molar-refractivity contribution in [2.45, 2.75) is 12.8 Å². The highest BCUT2D eigenvalue weighted by Crippen LogP contribution is 2.32. The van der Waals surface area contributed by atoms with Gasteiger partial charge in [-0.3, -0.25) is 4.79 Å². The number of nitrogens with one attached hydrogen (secondary N) is 1. The molecule has 3 rings (SSSR count). The molecule has 21 heavy (non-hydrogen) atoms. The van der Waals surface area contributed by atoms with Crippen LogP contribution in [0.2, 0.25) is 4.34 Å². The van der Waals surface area contributed by atoms with Crippen molar-refractivity contribution >= 4 is 40.2 Å². The third kappa shape index (κ3) is 4.26. The predicted molar refractivity (Wildman–Crippen MR) is 86.3 cm³/mol. The molecule has 2 heterocycles. The number of amides is 1. The van der Waals surface area contributed by atoms with Gasteiger partial charge in [-0.2, -0.15) is 0 Å². The molecule has 2 aromatic heterocycles. The van der Waals surface area contributed by atoms with E-state index in [4.69, 9.17) is 16.3 Å². The van der Waals surface area contributed by atoms with Gasteiger partial charge in [0.1, 0.15) is 10.7 Å². The van der Waals surface area contributed by atoms with Gasteiger partial charge in [0.15, 0.2) is 0 Å². The molecular weight excluding hydrogens is 328 g/mol. The lowest BCUT2D eigenvalue weighted by molar-refractivity contribution is 0.0902. The van der Waals surface area contributed by atoms with Crippen LogP contribution in [0.15, 0.2) is 17.5 Å². The predicted octanol–water partition coefficient (Wildman–Crippen LogP) is 3.68. The van der Waals surface area contributed by atoms with Crippen LogP contribution >= 0.6 is 34.3 Å². The molecule has 0 atom stereocenters. The van der Waals surface area contributed by atoms with E-state index in [1.165, 1.54) is 35.5 Å². The smallest absolute Gasteiger partial charge is 0.270 e. The van der Waals surface area contributed by atoms with E-state index in [0.717, 1.165) is 26.7 Å². The van der Waals surface area contributed by atoms with E-state index >= 15 is 0 Å². The van der Waals surface area contributed by atoms with Crippen molar-refractivity contribution in [3.05, 3.63) is 27.5 Å². The first-order chi connectivity index (χ1) is 10.2. The number of thiazole rings is 1. The van der Waals surface area contributed by atoms with Crippen molar-refractivity contribution < 1.29 is 9.53 Å². The number of nitrogens with zero attached hydrogens (tertiary/aromatic N) is 1. The maximum absolute atomic E-state index is 12.0. The molecule has 0 spiro atoms. The van der Waals surface area contributed by atoms with Crippen LogP contribution < -0.4 is 5.32 Å². The maximum Gasteiger partial charge on any atom is 0.270 e. The van der Waals surface area contributed by atoms with Crippen molar-refractivity contribution in [2.75, 3.05) is 19.8 Å². The zero-order valence-electron chi connectivity index (χ0n) is 11.3. The second kappa shape index (κ2) is 6.87. The van der Waals surface area contributed by atoms with Gasteiger partial charge in [0.25, 0.3) is 5.91 Å². The Balaban J connectivity index is 1.47. The summed E-state index contributed by atoms with van der Waals surface area (Å²) in [6, 6.07) is 3.75. The molecule has 0 unspecified atom stereocenters. The van der Waals surface area contributed by atoms with Gasteiger partial charge in [-0.15, -0.1) is 22.7 Å². The molecule has 112 valence electrons. The van der Waals surface area contributed by atoms with E-state index in [9.17, 15) is 4.79 Å². The zero-order valence-corrected chi connectivity index (χ0v) is 13.7. The van der Waals surface area contributed by atoms with E-state index in [1.54, 1.807) is 5.38 Å². The number of ether oxygens (including phenoxy) is 1. The van der Waals surface area contributed by atoms with Crippen molar-refractivity contribution in [1.29, 1.82) is 0 Å². The van der Waals surface area contributed by atoms with E-state index in [2.05, 4.69) is 10.3 Å². The van der Waals surface area contributed by atoms with Crippen LogP contribution in [0, 0.1) is 5.92 Å². The van der Waals surface area contributed by atoms with Gasteiger partial charge in [0.2, 0.25) is 0 Å². The summed E-state index contributed by atoms with van der Waals surface area (Å²) < 4.78 is 6.20. The lowest BCUT2D eigenvalue weighted by atomic mass is 10.4. The highest BCUT2D eigenvalue weighted by Gasteiger charge is 2.21. The van der Waals surface area contributed by atoms with E-state index in [0.29, 0.717) is 18.8 Å². The lowest BCUT2D eigenvalue weighted by Gasteiger charge is -2.04. The van der Waals surface area contributed by atoms with Crippen molar-refractivity contribution in [3.63, 3.8) is 0 Å². The minimum absolute atomic E-state index is 0.157. The van der Waals surface area contributed by atoms with E-state index in [1.807, 2.05) is 12.1 Å². The van der Waals surface area contributed by atoms with Gasteiger partial charge in [-0.25, -0.2) is 4.98 Å². The molecule has 4 nitrogen and oxygen atoms in total. The van der Waals surface area contributed by atoms with Gasteiger partial charge >= 0.3 is 0 Å². The van der Waals surface area contributed by atoms with Gasteiger partial charge in [-0.05, 0) is 30.9 Å². The third-order valence-electron chi connectivity index (χ3n) is 3.10. The quantitative estimate of drug-likeness (QED) is 0.781. The fraction of sp³-hybridized carbons (Fsp3) is 0.429. The van der Waals surface area contributed by atoms with Crippen molar-refractivity contribution in [3.8, 4) is 9.88 Å². The Labute approximate surface area is 136 Å². The topological polar surface area (TPSA) is 51.2 Å². The van der Waals surface area contributed by atoms with Gasteiger partial charge in [0.05, 0.1) is 15.8 Å².